The van der Waals surface area contributed by atoms with Gasteiger partial charge < -0.3 is 25.5 Å². The Hall–Kier alpha value is -2.89. The van der Waals surface area contributed by atoms with Crippen LogP contribution in [0.5, 0.6) is 5.75 Å². The minimum atomic E-state index is -0.211. The molecule has 6 nitrogen and oxygen atoms in total. The summed E-state index contributed by atoms with van der Waals surface area (Å²) in [4.78, 5) is 19.5. The molecule has 28 heavy (non-hydrogen) atoms. The predicted octanol–water partition coefficient (Wildman–Crippen LogP) is 2.46. The minimum Gasteiger partial charge on any atom is -0.506 e. The van der Waals surface area contributed by atoms with E-state index in [0.29, 0.717) is 13.1 Å². The van der Waals surface area contributed by atoms with Crippen molar-refractivity contribution in [1.29, 1.82) is 0 Å². The highest BCUT2D eigenvalue weighted by molar-refractivity contribution is 5.86. The van der Waals surface area contributed by atoms with Crippen molar-refractivity contribution in [2.45, 2.75) is 25.8 Å². The number of rotatable bonds is 3. The maximum Gasteiger partial charge on any atom is 0.245 e. The van der Waals surface area contributed by atoms with Crippen LogP contribution in [0, 0.1) is 0 Å². The molecule has 6 heteroatoms. The quantitative estimate of drug-likeness (QED) is 0.801. The fraction of sp³-hybridized carbons (Fsp3) is 0.409. The molecule has 0 radical (unpaired) electrons. The van der Waals surface area contributed by atoms with Crippen LogP contribution in [0.15, 0.2) is 42.5 Å². The van der Waals surface area contributed by atoms with Gasteiger partial charge >= 0.3 is 0 Å². The van der Waals surface area contributed by atoms with E-state index < -0.39 is 0 Å². The number of fused-ring (bicyclic) bond motifs is 1. The van der Waals surface area contributed by atoms with Crippen molar-refractivity contribution >= 4 is 23.0 Å². The lowest BCUT2D eigenvalue weighted by atomic mass is 9.98. The second-order valence-electron chi connectivity index (χ2n) is 7.62. The molecular weight excluding hydrogens is 352 g/mol. The molecule has 1 amide bonds. The van der Waals surface area contributed by atoms with Gasteiger partial charge in [-0.3, -0.25) is 4.79 Å². The molecule has 2 aliphatic heterocycles. The van der Waals surface area contributed by atoms with Crippen LogP contribution >= 0.6 is 0 Å². The standard InChI is InChI=1S/C22H28N4O2/c1-16(26-11-5-6-17-18(23)7-4-9-19(17)26)22(28)25-14-12-24(13-15-25)20-8-2-3-10-21(20)27/h2-4,7-10,16,27H,5-6,11-15,23H2,1H3. The maximum absolute atomic E-state index is 13.2. The second kappa shape index (κ2) is 7.62. The number of hydrogen-bond acceptors (Lipinski definition) is 5. The third kappa shape index (κ3) is 3.35. The number of para-hydroxylation sites is 2. The third-order valence-electron chi connectivity index (χ3n) is 5.96. The summed E-state index contributed by atoms with van der Waals surface area (Å²) in [5.74, 6) is 0.449. The first-order valence-electron chi connectivity index (χ1n) is 10.0. The van der Waals surface area contributed by atoms with Crippen molar-refractivity contribution in [3.63, 3.8) is 0 Å². The molecule has 1 unspecified atom stereocenters. The maximum atomic E-state index is 13.2. The minimum absolute atomic E-state index is 0.159. The number of amides is 1. The molecule has 0 bridgehead atoms. The van der Waals surface area contributed by atoms with Gasteiger partial charge in [0.15, 0.2) is 0 Å². The first-order valence-corrected chi connectivity index (χ1v) is 10.0. The highest BCUT2D eigenvalue weighted by Crippen LogP contribution is 2.33. The van der Waals surface area contributed by atoms with Gasteiger partial charge in [-0.15, -0.1) is 0 Å². The average Bonchev–Trinajstić information content (AvgIpc) is 2.73. The number of carbonyl (C=O) groups is 1. The molecular formula is C22H28N4O2. The van der Waals surface area contributed by atoms with E-state index in [9.17, 15) is 9.90 Å². The number of aromatic hydroxyl groups is 1. The fourth-order valence-corrected chi connectivity index (χ4v) is 4.38. The zero-order chi connectivity index (χ0) is 19.7. The van der Waals surface area contributed by atoms with Crippen molar-refractivity contribution in [2.75, 3.05) is 48.3 Å². The van der Waals surface area contributed by atoms with Crippen molar-refractivity contribution in [1.82, 2.24) is 4.90 Å². The first-order chi connectivity index (χ1) is 13.6. The SMILES string of the molecule is CC(C(=O)N1CCN(c2ccccc2O)CC1)N1CCCc2c(N)cccc21. The molecule has 0 aliphatic carbocycles. The van der Waals surface area contributed by atoms with Gasteiger partial charge in [-0.2, -0.15) is 0 Å². The van der Waals surface area contributed by atoms with Crippen LogP contribution in [0.3, 0.4) is 0 Å². The van der Waals surface area contributed by atoms with Gasteiger partial charge in [-0.25, -0.2) is 0 Å². The Morgan fingerprint density at radius 1 is 1.00 bits per heavy atom. The lowest BCUT2D eigenvalue weighted by Crippen LogP contribution is -2.55. The van der Waals surface area contributed by atoms with E-state index in [1.54, 1.807) is 6.07 Å². The lowest BCUT2D eigenvalue weighted by molar-refractivity contribution is -0.132. The largest absolute Gasteiger partial charge is 0.506 e. The zero-order valence-corrected chi connectivity index (χ0v) is 16.3. The summed E-state index contributed by atoms with van der Waals surface area (Å²) >= 11 is 0. The molecule has 0 aromatic heterocycles. The van der Waals surface area contributed by atoms with Gasteiger partial charge in [-0.1, -0.05) is 18.2 Å². The Balaban J connectivity index is 1.44. The van der Waals surface area contributed by atoms with E-state index in [4.69, 9.17) is 5.73 Å². The van der Waals surface area contributed by atoms with E-state index in [1.165, 1.54) is 0 Å². The van der Waals surface area contributed by atoms with Gasteiger partial charge in [-0.05, 0) is 49.6 Å². The third-order valence-corrected chi connectivity index (χ3v) is 5.96. The number of phenols is 1. The van der Waals surface area contributed by atoms with Crippen LogP contribution in [0.25, 0.3) is 0 Å². The number of nitrogens with zero attached hydrogens (tertiary/aromatic N) is 3. The Morgan fingerprint density at radius 2 is 1.71 bits per heavy atom. The molecule has 1 fully saturated rings. The first kappa shape index (κ1) is 18.5. The molecule has 1 saturated heterocycles. The average molecular weight is 380 g/mol. The summed E-state index contributed by atoms with van der Waals surface area (Å²) in [5, 5.41) is 10.1. The molecule has 2 aliphatic rings. The number of piperazine rings is 1. The molecule has 2 aromatic rings. The Labute approximate surface area is 166 Å². The number of nitrogen functional groups attached to an aromatic ring is 1. The summed E-state index contributed by atoms with van der Waals surface area (Å²) in [7, 11) is 0. The van der Waals surface area contributed by atoms with Crippen LogP contribution in [0.2, 0.25) is 0 Å². The summed E-state index contributed by atoms with van der Waals surface area (Å²) < 4.78 is 0. The number of anilines is 3. The number of nitrogens with two attached hydrogens (primary N) is 1. The van der Waals surface area contributed by atoms with Crippen molar-refractivity contribution < 1.29 is 9.90 Å². The summed E-state index contributed by atoms with van der Waals surface area (Å²) in [6, 6.07) is 13.1. The number of phenolic OH excluding ortho intramolecular Hbond substituents is 1. The number of benzene rings is 2. The molecule has 1 atom stereocenters. The lowest BCUT2D eigenvalue weighted by Gasteiger charge is -2.41. The normalized spacial score (nSPS) is 18.0. The molecule has 2 heterocycles. The van der Waals surface area contributed by atoms with Gasteiger partial charge in [0.05, 0.1) is 5.69 Å². The van der Waals surface area contributed by atoms with Gasteiger partial charge in [0, 0.05) is 44.1 Å². The van der Waals surface area contributed by atoms with Gasteiger partial charge in [0.1, 0.15) is 11.8 Å². The molecule has 0 spiro atoms. The van der Waals surface area contributed by atoms with Crippen LogP contribution < -0.4 is 15.5 Å². The highest BCUT2D eigenvalue weighted by Gasteiger charge is 2.31. The van der Waals surface area contributed by atoms with E-state index in [0.717, 1.165) is 55.1 Å². The number of hydrogen-bond donors (Lipinski definition) is 2. The fourth-order valence-electron chi connectivity index (χ4n) is 4.38. The molecule has 3 N–H and O–H groups in total. The molecule has 148 valence electrons. The molecule has 0 saturated carbocycles. The Bertz CT molecular complexity index is 861. The summed E-state index contributed by atoms with van der Waals surface area (Å²) in [6.45, 7) is 5.64. The monoisotopic (exact) mass is 380 g/mol. The van der Waals surface area contributed by atoms with Crippen LogP contribution in [0.4, 0.5) is 17.1 Å². The van der Waals surface area contributed by atoms with Crippen LogP contribution in [0.1, 0.15) is 18.9 Å². The Morgan fingerprint density at radius 3 is 2.46 bits per heavy atom. The topological polar surface area (TPSA) is 73.0 Å². The molecule has 2 aromatic carbocycles. The summed E-state index contributed by atoms with van der Waals surface area (Å²) in [5.41, 5.74) is 10.1. The van der Waals surface area contributed by atoms with E-state index in [-0.39, 0.29) is 17.7 Å². The van der Waals surface area contributed by atoms with E-state index in [1.807, 2.05) is 42.2 Å². The van der Waals surface area contributed by atoms with Crippen molar-refractivity contribution in [2.24, 2.45) is 0 Å². The van der Waals surface area contributed by atoms with Crippen LogP contribution in [-0.2, 0) is 11.2 Å². The Kier molecular flexibility index (Phi) is 5.03. The smallest absolute Gasteiger partial charge is 0.245 e. The zero-order valence-electron chi connectivity index (χ0n) is 16.3. The van der Waals surface area contributed by atoms with E-state index >= 15 is 0 Å². The number of carbonyl (C=O) groups excluding carboxylic acids is 1. The highest BCUT2D eigenvalue weighted by atomic mass is 16.3. The van der Waals surface area contributed by atoms with Crippen LogP contribution in [-0.4, -0.2) is 54.7 Å². The summed E-state index contributed by atoms with van der Waals surface area (Å²) in [6.07, 6.45) is 1.98. The molecule has 4 rings (SSSR count). The second-order valence-corrected chi connectivity index (χ2v) is 7.62. The van der Waals surface area contributed by atoms with Gasteiger partial charge in [0.25, 0.3) is 0 Å². The van der Waals surface area contributed by atoms with Gasteiger partial charge in [0.2, 0.25) is 5.91 Å². The van der Waals surface area contributed by atoms with Crippen molar-refractivity contribution in [3.05, 3.63) is 48.0 Å². The van der Waals surface area contributed by atoms with Crippen molar-refractivity contribution in [3.8, 4) is 5.75 Å². The van der Waals surface area contributed by atoms with E-state index in [2.05, 4.69) is 15.9 Å². The predicted molar refractivity (Wildman–Crippen MR) is 113 cm³/mol.